The van der Waals surface area contributed by atoms with Gasteiger partial charge in [0.05, 0.1) is 16.6 Å². The first-order chi connectivity index (χ1) is 13.2. The summed E-state index contributed by atoms with van der Waals surface area (Å²) in [5.41, 5.74) is 4.37. The highest BCUT2D eigenvalue weighted by Crippen LogP contribution is 2.31. The number of hydrogen-bond acceptors (Lipinski definition) is 3. The highest BCUT2D eigenvalue weighted by molar-refractivity contribution is 7.73. The van der Waals surface area contributed by atoms with Crippen LogP contribution in [-0.2, 0) is 13.1 Å². The molecule has 4 aromatic rings. The number of aryl methyl sites for hydroxylation is 1. The molecule has 0 saturated heterocycles. The molecule has 2 aromatic carbocycles. The average Bonchev–Trinajstić information content (AvgIpc) is 3.23. The highest BCUT2D eigenvalue weighted by Gasteiger charge is 2.19. The molecule has 0 radical (unpaired) electrons. The normalized spacial score (nSPS) is 11.6. The van der Waals surface area contributed by atoms with E-state index in [0.717, 1.165) is 38.9 Å². The fraction of sp³-hybridized carbons (Fsp3) is 0.182. The lowest BCUT2D eigenvalue weighted by molar-refractivity contribution is -0.674. The van der Waals surface area contributed by atoms with Crippen LogP contribution in [-0.4, -0.2) is 4.57 Å². The third-order valence-corrected chi connectivity index (χ3v) is 6.03. The van der Waals surface area contributed by atoms with Gasteiger partial charge in [-0.3, -0.25) is 0 Å². The van der Waals surface area contributed by atoms with Crippen molar-refractivity contribution in [3.63, 3.8) is 0 Å². The van der Waals surface area contributed by atoms with Gasteiger partial charge in [-0.2, -0.15) is 4.57 Å². The Bertz CT molecular complexity index is 1170. The number of hydrogen-bond donors (Lipinski definition) is 0. The van der Waals surface area contributed by atoms with Crippen molar-refractivity contribution in [3.8, 4) is 11.3 Å². The van der Waals surface area contributed by atoms with Gasteiger partial charge in [0.2, 0.25) is 5.58 Å². The fourth-order valence-electron chi connectivity index (χ4n) is 3.37. The molecular formula is C22H21N2OS2+. The molecule has 0 unspecified atom stereocenters. The van der Waals surface area contributed by atoms with Gasteiger partial charge in [-0.15, -0.1) is 11.3 Å². The van der Waals surface area contributed by atoms with Gasteiger partial charge in [0, 0.05) is 12.6 Å². The Morgan fingerprint density at radius 3 is 2.52 bits per heavy atom. The Morgan fingerprint density at radius 2 is 1.78 bits per heavy atom. The molecule has 136 valence electrons. The Labute approximate surface area is 167 Å². The molecule has 4 rings (SSSR count). The fourth-order valence-corrected chi connectivity index (χ4v) is 4.84. The maximum Gasteiger partial charge on any atom is 0.374 e. The van der Waals surface area contributed by atoms with E-state index >= 15 is 0 Å². The largest absolute Gasteiger partial charge is 0.398 e. The third kappa shape index (κ3) is 3.29. The zero-order chi connectivity index (χ0) is 18.8. The number of para-hydroxylation sites is 2. The van der Waals surface area contributed by atoms with Crippen molar-refractivity contribution in [2.75, 3.05) is 0 Å². The van der Waals surface area contributed by atoms with Crippen LogP contribution in [0.1, 0.15) is 24.6 Å². The van der Waals surface area contributed by atoms with Gasteiger partial charge in [0.15, 0.2) is 3.95 Å². The molecule has 5 heteroatoms. The topological polar surface area (TPSA) is 21.9 Å². The minimum absolute atomic E-state index is 0.847. The number of fused-ring (bicyclic) bond motifs is 1. The smallest absolute Gasteiger partial charge is 0.374 e. The molecular weight excluding hydrogens is 372 g/mol. The standard InChI is InChI=1S/C22H21N2OS2/c1-3-23-17-12-8-9-13-18(17)25-20(23)15-14-19-21(16-10-6-5-7-11-16)24(4-2)22(26)27-19/h5-15H,3-4H2,1-2H3/q+1. The summed E-state index contributed by atoms with van der Waals surface area (Å²) in [5, 5.41) is 0. The minimum atomic E-state index is 0.847. The van der Waals surface area contributed by atoms with Crippen LogP contribution in [0.2, 0.25) is 0 Å². The maximum atomic E-state index is 6.07. The monoisotopic (exact) mass is 393 g/mol. The van der Waals surface area contributed by atoms with Gasteiger partial charge in [-0.05, 0) is 43.8 Å². The second-order valence-electron chi connectivity index (χ2n) is 6.18. The van der Waals surface area contributed by atoms with Crippen molar-refractivity contribution in [1.29, 1.82) is 0 Å². The van der Waals surface area contributed by atoms with E-state index in [2.05, 4.69) is 65.5 Å². The Kier molecular flexibility index (Phi) is 5.05. The molecule has 0 amide bonds. The van der Waals surface area contributed by atoms with E-state index in [9.17, 15) is 0 Å². The molecule has 0 saturated carbocycles. The van der Waals surface area contributed by atoms with Crippen LogP contribution in [0.4, 0.5) is 0 Å². The Balaban J connectivity index is 1.83. The number of oxazole rings is 1. The molecule has 2 heterocycles. The summed E-state index contributed by atoms with van der Waals surface area (Å²) in [4.78, 5) is 1.15. The van der Waals surface area contributed by atoms with E-state index in [1.165, 1.54) is 11.3 Å². The average molecular weight is 394 g/mol. The molecule has 0 fully saturated rings. The lowest BCUT2D eigenvalue weighted by Gasteiger charge is -2.07. The predicted octanol–water partition coefficient (Wildman–Crippen LogP) is 6.19. The van der Waals surface area contributed by atoms with E-state index in [-0.39, 0.29) is 0 Å². The summed E-state index contributed by atoms with van der Waals surface area (Å²) >= 11 is 7.25. The predicted molar refractivity (Wildman–Crippen MR) is 115 cm³/mol. The van der Waals surface area contributed by atoms with Gasteiger partial charge in [0.1, 0.15) is 6.54 Å². The third-order valence-electron chi connectivity index (χ3n) is 4.61. The molecule has 0 aliphatic carbocycles. The molecule has 0 N–H and O–H groups in total. The van der Waals surface area contributed by atoms with Crippen LogP contribution in [0.25, 0.3) is 34.5 Å². The van der Waals surface area contributed by atoms with Gasteiger partial charge in [0.25, 0.3) is 5.52 Å². The summed E-state index contributed by atoms with van der Waals surface area (Å²) in [6, 6.07) is 18.6. The van der Waals surface area contributed by atoms with Crippen molar-refractivity contribution in [2.45, 2.75) is 26.9 Å². The number of thiazole rings is 1. The quantitative estimate of drug-likeness (QED) is 0.298. The molecule has 3 nitrogen and oxygen atoms in total. The van der Waals surface area contributed by atoms with Crippen LogP contribution in [0.5, 0.6) is 0 Å². The number of rotatable bonds is 5. The Morgan fingerprint density at radius 1 is 1.04 bits per heavy atom. The van der Waals surface area contributed by atoms with Gasteiger partial charge >= 0.3 is 5.89 Å². The van der Waals surface area contributed by atoms with Crippen molar-refractivity contribution >= 4 is 46.8 Å². The summed E-state index contributed by atoms with van der Waals surface area (Å²) in [6.07, 6.45) is 4.18. The first-order valence-corrected chi connectivity index (χ1v) is 10.3. The molecule has 0 bridgehead atoms. The van der Waals surface area contributed by atoms with E-state index in [1.807, 2.05) is 24.3 Å². The van der Waals surface area contributed by atoms with Crippen molar-refractivity contribution in [3.05, 3.63) is 69.3 Å². The van der Waals surface area contributed by atoms with E-state index in [4.69, 9.17) is 16.6 Å². The lowest BCUT2D eigenvalue weighted by atomic mass is 10.1. The number of benzene rings is 2. The Hall–Kier alpha value is -2.50. The van der Waals surface area contributed by atoms with Crippen LogP contribution >= 0.6 is 23.6 Å². The first-order valence-electron chi connectivity index (χ1n) is 9.11. The molecule has 0 aliphatic rings. The second-order valence-corrected chi connectivity index (χ2v) is 7.85. The van der Waals surface area contributed by atoms with Gasteiger partial charge < -0.3 is 8.98 Å². The summed E-state index contributed by atoms with van der Waals surface area (Å²) in [5.74, 6) is 0.847. The minimum Gasteiger partial charge on any atom is -0.398 e. The summed E-state index contributed by atoms with van der Waals surface area (Å²) < 4.78 is 11.3. The molecule has 0 spiro atoms. The second kappa shape index (κ2) is 7.62. The number of nitrogens with zero attached hydrogens (tertiary/aromatic N) is 2. The molecule has 0 aliphatic heterocycles. The van der Waals surface area contributed by atoms with Crippen LogP contribution in [0, 0.1) is 3.95 Å². The lowest BCUT2D eigenvalue weighted by Crippen LogP contribution is -2.33. The molecule has 27 heavy (non-hydrogen) atoms. The van der Waals surface area contributed by atoms with Crippen LogP contribution in [0.15, 0.2) is 59.0 Å². The first kappa shape index (κ1) is 17.9. The van der Waals surface area contributed by atoms with Gasteiger partial charge in [-0.1, -0.05) is 42.5 Å². The van der Waals surface area contributed by atoms with Crippen LogP contribution < -0.4 is 4.57 Å². The zero-order valence-electron chi connectivity index (χ0n) is 15.4. The van der Waals surface area contributed by atoms with E-state index < -0.39 is 0 Å². The highest BCUT2D eigenvalue weighted by atomic mass is 32.1. The van der Waals surface area contributed by atoms with E-state index in [1.54, 1.807) is 11.3 Å². The van der Waals surface area contributed by atoms with Crippen molar-refractivity contribution in [2.24, 2.45) is 0 Å². The van der Waals surface area contributed by atoms with Crippen molar-refractivity contribution < 1.29 is 8.98 Å². The van der Waals surface area contributed by atoms with E-state index in [0.29, 0.717) is 0 Å². The molecule has 0 atom stereocenters. The zero-order valence-corrected chi connectivity index (χ0v) is 17.0. The molecule has 2 aromatic heterocycles. The maximum absolute atomic E-state index is 6.07. The van der Waals surface area contributed by atoms with Crippen molar-refractivity contribution in [1.82, 2.24) is 4.57 Å². The SMILES string of the molecule is CCn1c(-c2ccccc2)c(C=Cc2oc3ccccc3[n+]2CC)sc1=S. The summed E-state index contributed by atoms with van der Waals surface area (Å²) in [7, 11) is 0. The van der Waals surface area contributed by atoms with Gasteiger partial charge in [-0.25, -0.2) is 0 Å². The summed E-state index contributed by atoms with van der Waals surface area (Å²) in [6.45, 7) is 5.97. The number of aromatic nitrogens is 2. The van der Waals surface area contributed by atoms with Crippen LogP contribution in [0.3, 0.4) is 0 Å².